The van der Waals surface area contributed by atoms with Crippen LogP contribution < -0.4 is 0 Å². The molecule has 6 nitrogen and oxygen atoms in total. The first-order valence-corrected chi connectivity index (χ1v) is 12.7. The van der Waals surface area contributed by atoms with Gasteiger partial charge in [0.2, 0.25) is 10.0 Å². The van der Waals surface area contributed by atoms with Crippen LogP contribution in [0.2, 0.25) is 5.02 Å². The van der Waals surface area contributed by atoms with E-state index in [0.29, 0.717) is 27.0 Å². The molecule has 0 aliphatic heterocycles. The van der Waals surface area contributed by atoms with Crippen molar-refractivity contribution in [3.8, 4) is 0 Å². The highest BCUT2D eigenvalue weighted by Crippen LogP contribution is 2.39. The second kappa shape index (κ2) is 8.35. The fraction of sp³-hybridized carbons (Fsp3) is 0.217. The van der Waals surface area contributed by atoms with Crippen LogP contribution >= 0.6 is 22.9 Å². The lowest BCUT2D eigenvalue weighted by molar-refractivity contribution is -0.138. The quantitative estimate of drug-likeness (QED) is 0.327. The van der Waals surface area contributed by atoms with Crippen LogP contribution in [0.15, 0.2) is 55.1 Å². The molecule has 2 aromatic heterocycles. The fourth-order valence-corrected chi connectivity index (χ4v) is 7.18. The van der Waals surface area contributed by atoms with Crippen molar-refractivity contribution in [2.75, 3.05) is 0 Å². The number of fused-ring (bicyclic) bond motifs is 2. The predicted molar refractivity (Wildman–Crippen MR) is 129 cm³/mol. The van der Waals surface area contributed by atoms with Gasteiger partial charge in [0.05, 0.1) is 26.7 Å². The molecule has 9 heteroatoms. The summed E-state index contributed by atoms with van der Waals surface area (Å²) in [6, 6.07) is 11.8. The maximum atomic E-state index is 14.1. The van der Waals surface area contributed by atoms with Crippen LogP contribution in [-0.2, 0) is 14.8 Å². The molecule has 2 atom stereocenters. The average molecular weight is 489 g/mol. The molecular formula is C23H21ClN2O4S2. The van der Waals surface area contributed by atoms with Gasteiger partial charge in [0.15, 0.2) is 0 Å². The molecule has 0 spiro atoms. The van der Waals surface area contributed by atoms with E-state index < -0.39 is 27.2 Å². The Morgan fingerprint density at radius 2 is 2.06 bits per heavy atom. The lowest BCUT2D eigenvalue weighted by atomic mass is 10.0. The van der Waals surface area contributed by atoms with Gasteiger partial charge in [0.1, 0.15) is 5.25 Å². The van der Waals surface area contributed by atoms with E-state index in [1.165, 1.54) is 17.4 Å². The minimum Gasteiger partial charge on any atom is -0.481 e. The standard InChI is InChI=1S/C23H21ClN2O4S2/c1-4-16(23(27)28)20-12-14-11-15(24)9-10-19(14)26(20)32(29,30)21(5-2)17-7-6-8-18-22(17)31-13(3)25-18/h5-12,16,21H,2,4H2,1,3H3,(H,27,28). The van der Waals surface area contributed by atoms with Crippen molar-refractivity contribution in [2.24, 2.45) is 0 Å². The summed E-state index contributed by atoms with van der Waals surface area (Å²) < 4.78 is 30.1. The summed E-state index contributed by atoms with van der Waals surface area (Å²) in [6.07, 6.45) is 1.61. The Balaban J connectivity index is 2.03. The van der Waals surface area contributed by atoms with Crippen LogP contribution in [0.25, 0.3) is 21.1 Å². The minimum atomic E-state index is -4.13. The predicted octanol–water partition coefficient (Wildman–Crippen LogP) is 5.90. The number of hydrogen-bond donors (Lipinski definition) is 1. The van der Waals surface area contributed by atoms with Crippen LogP contribution in [0, 0.1) is 6.92 Å². The van der Waals surface area contributed by atoms with Gasteiger partial charge in [0, 0.05) is 16.1 Å². The molecule has 0 saturated heterocycles. The first-order valence-electron chi connectivity index (χ1n) is 9.95. The van der Waals surface area contributed by atoms with E-state index in [1.54, 1.807) is 43.3 Å². The molecule has 0 bridgehead atoms. The molecule has 0 radical (unpaired) electrons. The third kappa shape index (κ3) is 3.62. The Kier molecular flexibility index (Phi) is 5.87. The van der Waals surface area contributed by atoms with E-state index in [1.807, 2.05) is 13.0 Å². The second-order valence-electron chi connectivity index (χ2n) is 7.47. The largest absolute Gasteiger partial charge is 0.481 e. The number of carboxylic acids is 1. The van der Waals surface area contributed by atoms with Crippen molar-refractivity contribution in [2.45, 2.75) is 31.4 Å². The molecule has 0 saturated carbocycles. The third-order valence-corrected chi connectivity index (χ3v) is 8.73. The van der Waals surface area contributed by atoms with Crippen molar-refractivity contribution < 1.29 is 18.3 Å². The van der Waals surface area contributed by atoms with Crippen molar-refractivity contribution in [3.63, 3.8) is 0 Å². The first-order chi connectivity index (χ1) is 15.2. The number of aryl methyl sites for hydroxylation is 1. The number of aliphatic carboxylic acids is 1. The summed E-state index contributed by atoms with van der Waals surface area (Å²) in [5.74, 6) is -2.09. The summed E-state index contributed by atoms with van der Waals surface area (Å²) in [6.45, 7) is 7.39. The van der Waals surface area contributed by atoms with E-state index in [2.05, 4.69) is 11.6 Å². The van der Waals surface area contributed by atoms with Crippen LogP contribution in [-0.4, -0.2) is 28.5 Å². The SMILES string of the molecule is C=CC(c1cccc2nc(C)sc12)S(=O)(=O)n1c(C(CC)C(=O)O)cc2cc(Cl)ccc21. The average Bonchev–Trinajstić information content (AvgIpc) is 3.28. The van der Waals surface area contributed by atoms with Gasteiger partial charge in [-0.15, -0.1) is 17.9 Å². The van der Waals surface area contributed by atoms with Gasteiger partial charge in [-0.1, -0.05) is 36.7 Å². The van der Waals surface area contributed by atoms with E-state index in [0.717, 1.165) is 13.7 Å². The molecule has 4 rings (SSSR count). The number of hydrogen-bond acceptors (Lipinski definition) is 5. The highest BCUT2D eigenvalue weighted by molar-refractivity contribution is 7.90. The summed E-state index contributed by atoms with van der Waals surface area (Å²) >= 11 is 7.54. The van der Waals surface area contributed by atoms with Crippen molar-refractivity contribution in [1.82, 2.24) is 8.96 Å². The third-order valence-electron chi connectivity index (χ3n) is 5.46. The zero-order valence-electron chi connectivity index (χ0n) is 17.4. The molecule has 2 unspecified atom stereocenters. The molecule has 32 heavy (non-hydrogen) atoms. The van der Waals surface area contributed by atoms with Gasteiger partial charge >= 0.3 is 5.97 Å². The maximum absolute atomic E-state index is 14.1. The van der Waals surface area contributed by atoms with Gasteiger partial charge in [-0.2, -0.15) is 0 Å². The van der Waals surface area contributed by atoms with Gasteiger partial charge in [-0.3, -0.25) is 4.79 Å². The molecule has 2 heterocycles. The summed E-state index contributed by atoms with van der Waals surface area (Å²) in [5.41, 5.74) is 1.85. The summed E-state index contributed by atoms with van der Waals surface area (Å²) in [5, 5.41) is 10.5. The van der Waals surface area contributed by atoms with E-state index >= 15 is 0 Å². The van der Waals surface area contributed by atoms with Gasteiger partial charge in [-0.25, -0.2) is 17.4 Å². The fourth-order valence-electron chi connectivity index (χ4n) is 4.05. The Morgan fingerprint density at radius 1 is 1.31 bits per heavy atom. The molecule has 1 N–H and O–H groups in total. The van der Waals surface area contributed by atoms with Crippen LogP contribution in [0.3, 0.4) is 0 Å². The number of halogens is 1. The lowest BCUT2D eigenvalue weighted by Gasteiger charge is -2.21. The molecule has 2 aromatic carbocycles. The van der Waals surface area contributed by atoms with Crippen molar-refractivity contribution in [3.05, 3.63) is 76.4 Å². The molecule has 0 aliphatic carbocycles. The normalized spacial score (nSPS) is 14.0. The monoisotopic (exact) mass is 488 g/mol. The Hall–Kier alpha value is -2.68. The number of rotatable bonds is 7. The number of aromatic nitrogens is 2. The number of benzene rings is 2. The van der Waals surface area contributed by atoms with E-state index in [-0.39, 0.29) is 12.1 Å². The van der Waals surface area contributed by atoms with Gasteiger partial charge in [0.25, 0.3) is 0 Å². The highest BCUT2D eigenvalue weighted by atomic mass is 35.5. The number of carbonyl (C=O) groups is 1. The summed E-state index contributed by atoms with van der Waals surface area (Å²) in [4.78, 5) is 16.4. The Bertz CT molecular complexity index is 1470. The zero-order chi connectivity index (χ0) is 23.2. The highest BCUT2D eigenvalue weighted by Gasteiger charge is 2.34. The molecule has 166 valence electrons. The number of carboxylic acid groups (broad SMARTS) is 1. The lowest BCUT2D eigenvalue weighted by Crippen LogP contribution is -2.25. The van der Waals surface area contributed by atoms with Crippen molar-refractivity contribution in [1.29, 1.82) is 0 Å². The zero-order valence-corrected chi connectivity index (χ0v) is 19.8. The van der Waals surface area contributed by atoms with Crippen LogP contribution in [0.4, 0.5) is 0 Å². The maximum Gasteiger partial charge on any atom is 0.312 e. The van der Waals surface area contributed by atoms with Crippen molar-refractivity contribution >= 4 is 60.0 Å². The molecule has 0 fully saturated rings. The second-order valence-corrected chi connectivity index (χ2v) is 11.0. The first kappa shape index (κ1) is 22.5. The summed E-state index contributed by atoms with van der Waals surface area (Å²) in [7, 11) is -4.13. The Labute approximate surface area is 194 Å². The van der Waals surface area contributed by atoms with Crippen LogP contribution in [0.1, 0.15) is 40.8 Å². The smallest absolute Gasteiger partial charge is 0.312 e. The topological polar surface area (TPSA) is 89.3 Å². The molecule has 4 aromatic rings. The van der Waals surface area contributed by atoms with Crippen LogP contribution in [0.5, 0.6) is 0 Å². The van der Waals surface area contributed by atoms with E-state index in [4.69, 9.17) is 11.6 Å². The minimum absolute atomic E-state index is 0.191. The number of nitrogens with zero attached hydrogens (tertiary/aromatic N) is 2. The molecule has 0 amide bonds. The van der Waals surface area contributed by atoms with E-state index in [9.17, 15) is 18.3 Å². The Morgan fingerprint density at radius 3 is 2.72 bits per heavy atom. The number of thiazole rings is 1. The molecule has 0 aliphatic rings. The van der Waals surface area contributed by atoms with Gasteiger partial charge in [-0.05, 0) is 49.2 Å². The van der Waals surface area contributed by atoms with Gasteiger partial charge < -0.3 is 5.11 Å². The molecular weight excluding hydrogens is 468 g/mol.